The molecule has 0 radical (unpaired) electrons. The molecule has 1 N–H and O–H groups in total. The van der Waals surface area contributed by atoms with Gasteiger partial charge in [-0.2, -0.15) is 0 Å². The van der Waals surface area contributed by atoms with Gasteiger partial charge in [-0.05, 0) is 26.8 Å². The molecular weight excluding hydrogens is 174 g/mol. The second-order valence-corrected chi connectivity index (χ2v) is 3.75. The molecule has 0 amide bonds. The summed E-state index contributed by atoms with van der Waals surface area (Å²) in [6, 6.07) is 0.782. The second kappa shape index (κ2) is 4.86. The lowest BCUT2D eigenvalue weighted by Crippen LogP contribution is -2.48. The first-order valence-corrected chi connectivity index (χ1v) is 4.83. The van der Waals surface area contributed by atoms with Gasteiger partial charge in [-0.15, -0.1) is 0 Å². The van der Waals surface area contributed by atoms with Gasteiger partial charge in [0.05, 0.1) is 6.54 Å². The molecule has 78 valence electrons. The van der Waals surface area contributed by atoms with E-state index < -0.39 is 6.43 Å². The summed E-state index contributed by atoms with van der Waals surface area (Å²) in [5.74, 6) is 0. The number of rotatable bonds is 3. The SMILES string of the molecule is CNC1CCN(CC(F)F)C(C)C1. The third kappa shape index (κ3) is 3.19. The Morgan fingerprint density at radius 2 is 2.23 bits per heavy atom. The second-order valence-electron chi connectivity index (χ2n) is 3.75. The number of hydrogen-bond acceptors (Lipinski definition) is 2. The maximum atomic E-state index is 12.1. The average Bonchev–Trinajstić information content (AvgIpc) is 2.08. The molecule has 1 saturated heterocycles. The molecule has 0 aromatic carbocycles. The van der Waals surface area contributed by atoms with Crippen molar-refractivity contribution in [2.24, 2.45) is 0 Å². The summed E-state index contributed by atoms with van der Waals surface area (Å²) in [4.78, 5) is 1.87. The van der Waals surface area contributed by atoms with Crippen LogP contribution < -0.4 is 5.32 Å². The average molecular weight is 192 g/mol. The molecule has 13 heavy (non-hydrogen) atoms. The first kappa shape index (κ1) is 10.9. The fourth-order valence-electron chi connectivity index (χ4n) is 1.93. The lowest BCUT2D eigenvalue weighted by molar-refractivity contribution is 0.0477. The summed E-state index contributed by atoms with van der Waals surface area (Å²) in [5.41, 5.74) is 0. The van der Waals surface area contributed by atoms with E-state index in [1.54, 1.807) is 0 Å². The van der Waals surface area contributed by atoms with E-state index in [9.17, 15) is 8.78 Å². The Hall–Kier alpha value is -0.220. The molecule has 4 heteroatoms. The van der Waals surface area contributed by atoms with Gasteiger partial charge >= 0.3 is 0 Å². The van der Waals surface area contributed by atoms with E-state index in [1.807, 2.05) is 18.9 Å². The van der Waals surface area contributed by atoms with Crippen molar-refractivity contribution in [1.82, 2.24) is 10.2 Å². The molecule has 2 nitrogen and oxygen atoms in total. The highest BCUT2D eigenvalue weighted by molar-refractivity contribution is 4.82. The number of halogens is 2. The van der Waals surface area contributed by atoms with Crippen LogP contribution in [-0.2, 0) is 0 Å². The highest BCUT2D eigenvalue weighted by Gasteiger charge is 2.25. The zero-order valence-electron chi connectivity index (χ0n) is 8.26. The summed E-state index contributed by atoms with van der Waals surface area (Å²) in [5, 5.41) is 3.19. The number of likely N-dealkylation sites (tertiary alicyclic amines) is 1. The Morgan fingerprint density at radius 3 is 2.69 bits per heavy atom. The molecule has 0 bridgehead atoms. The summed E-state index contributed by atoms with van der Waals surface area (Å²) in [6.45, 7) is 2.74. The van der Waals surface area contributed by atoms with Gasteiger partial charge in [0.15, 0.2) is 0 Å². The Morgan fingerprint density at radius 1 is 1.54 bits per heavy atom. The van der Waals surface area contributed by atoms with Crippen LogP contribution in [-0.4, -0.2) is 43.5 Å². The van der Waals surface area contributed by atoms with E-state index in [-0.39, 0.29) is 12.6 Å². The van der Waals surface area contributed by atoms with Gasteiger partial charge in [0.2, 0.25) is 0 Å². The first-order valence-electron chi connectivity index (χ1n) is 4.83. The minimum Gasteiger partial charge on any atom is -0.317 e. The van der Waals surface area contributed by atoms with Crippen molar-refractivity contribution in [3.8, 4) is 0 Å². The molecule has 0 aromatic heterocycles. The van der Waals surface area contributed by atoms with Crippen LogP contribution in [0.25, 0.3) is 0 Å². The van der Waals surface area contributed by atoms with Gasteiger partial charge < -0.3 is 5.32 Å². The number of nitrogens with one attached hydrogen (secondary N) is 1. The lowest BCUT2D eigenvalue weighted by Gasteiger charge is -2.37. The zero-order chi connectivity index (χ0) is 9.84. The van der Waals surface area contributed by atoms with Crippen LogP contribution in [0.15, 0.2) is 0 Å². The van der Waals surface area contributed by atoms with Crippen LogP contribution in [0, 0.1) is 0 Å². The Kier molecular flexibility index (Phi) is 4.06. The molecule has 0 aromatic rings. The smallest absolute Gasteiger partial charge is 0.251 e. The van der Waals surface area contributed by atoms with Crippen LogP contribution in [0.1, 0.15) is 19.8 Å². The molecule has 1 rings (SSSR count). The van der Waals surface area contributed by atoms with E-state index in [2.05, 4.69) is 5.32 Å². The van der Waals surface area contributed by atoms with Crippen LogP contribution in [0.5, 0.6) is 0 Å². The van der Waals surface area contributed by atoms with E-state index >= 15 is 0 Å². The van der Waals surface area contributed by atoms with Crippen molar-refractivity contribution < 1.29 is 8.78 Å². The number of hydrogen-bond donors (Lipinski definition) is 1. The highest BCUT2D eigenvalue weighted by Crippen LogP contribution is 2.17. The third-order valence-electron chi connectivity index (χ3n) is 2.79. The van der Waals surface area contributed by atoms with Crippen molar-refractivity contribution in [2.45, 2.75) is 38.3 Å². The zero-order valence-corrected chi connectivity index (χ0v) is 8.26. The van der Waals surface area contributed by atoms with Crippen molar-refractivity contribution in [1.29, 1.82) is 0 Å². The van der Waals surface area contributed by atoms with Crippen molar-refractivity contribution in [2.75, 3.05) is 20.1 Å². The monoisotopic (exact) mass is 192 g/mol. The molecule has 2 unspecified atom stereocenters. The molecule has 0 spiro atoms. The maximum Gasteiger partial charge on any atom is 0.251 e. The molecule has 0 saturated carbocycles. The Balaban J connectivity index is 2.35. The topological polar surface area (TPSA) is 15.3 Å². The predicted octanol–water partition coefficient (Wildman–Crippen LogP) is 1.32. The van der Waals surface area contributed by atoms with Crippen LogP contribution in [0.4, 0.5) is 8.78 Å². The molecule has 1 fully saturated rings. The van der Waals surface area contributed by atoms with Crippen molar-refractivity contribution >= 4 is 0 Å². The van der Waals surface area contributed by atoms with Gasteiger partial charge in [0.1, 0.15) is 0 Å². The van der Waals surface area contributed by atoms with Gasteiger partial charge in [0.25, 0.3) is 6.43 Å². The van der Waals surface area contributed by atoms with E-state index in [1.165, 1.54) is 0 Å². The van der Waals surface area contributed by atoms with Crippen LogP contribution in [0.3, 0.4) is 0 Å². The van der Waals surface area contributed by atoms with Gasteiger partial charge in [-0.1, -0.05) is 0 Å². The minimum atomic E-state index is -2.20. The molecule has 2 atom stereocenters. The van der Waals surface area contributed by atoms with E-state index in [0.717, 1.165) is 19.4 Å². The number of alkyl halides is 2. The molecule has 1 heterocycles. The van der Waals surface area contributed by atoms with Crippen LogP contribution in [0.2, 0.25) is 0 Å². The van der Waals surface area contributed by atoms with E-state index in [0.29, 0.717) is 6.04 Å². The van der Waals surface area contributed by atoms with E-state index in [4.69, 9.17) is 0 Å². The summed E-state index contributed by atoms with van der Waals surface area (Å²) in [6.07, 6.45) is -0.245. The largest absolute Gasteiger partial charge is 0.317 e. The van der Waals surface area contributed by atoms with Gasteiger partial charge in [0, 0.05) is 18.6 Å². The quantitative estimate of drug-likeness (QED) is 0.725. The normalized spacial score (nSPS) is 31.2. The fourth-order valence-corrected chi connectivity index (χ4v) is 1.93. The fraction of sp³-hybridized carbons (Fsp3) is 1.00. The number of piperidine rings is 1. The molecular formula is C9H18F2N2. The maximum absolute atomic E-state index is 12.1. The molecule has 1 aliphatic heterocycles. The standard InChI is InChI=1S/C9H18F2N2/c1-7-5-8(12-2)3-4-13(7)6-9(10)11/h7-9,12H,3-6H2,1-2H3. The van der Waals surface area contributed by atoms with Gasteiger partial charge in [-0.25, -0.2) is 8.78 Å². The van der Waals surface area contributed by atoms with Gasteiger partial charge in [-0.3, -0.25) is 4.90 Å². The van der Waals surface area contributed by atoms with Crippen LogP contribution >= 0.6 is 0 Å². The predicted molar refractivity (Wildman–Crippen MR) is 49.1 cm³/mol. The lowest BCUT2D eigenvalue weighted by atomic mass is 9.98. The summed E-state index contributed by atoms with van der Waals surface area (Å²) in [7, 11) is 1.93. The molecule has 0 aliphatic carbocycles. The molecule has 1 aliphatic rings. The van der Waals surface area contributed by atoms with Crippen molar-refractivity contribution in [3.63, 3.8) is 0 Å². The number of nitrogens with zero attached hydrogens (tertiary/aromatic N) is 1. The van der Waals surface area contributed by atoms with Crippen molar-refractivity contribution in [3.05, 3.63) is 0 Å². The Labute approximate surface area is 78.3 Å². The highest BCUT2D eigenvalue weighted by atomic mass is 19.3. The Bertz CT molecular complexity index is 153. The minimum absolute atomic E-state index is 0.0718. The first-order chi connectivity index (χ1) is 6.13. The summed E-state index contributed by atoms with van der Waals surface area (Å²) >= 11 is 0. The third-order valence-corrected chi connectivity index (χ3v) is 2.79. The summed E-state index contributed by atoms with van der Waals surface area (Å²) < 4.78 is 24.2.